The van der Waals surface area contributed by atoms with Crippen LogP contribution in [0, 0.1) is 11.8 Å². The maximum absolute atomic E-state index is 2.55. The molecule has 0 amide bonds. The predicted octanol–water partition coefficient (Wildman–Crippen LogP) is 1.74. The predicted molar refractivity (Wildman–Crippen MR) is 42.9 cm³/mol. The van der Waals surface area contributed by atoms with Crippen LogP contribution in [-0.2, 0) is 0 Å². The molecule has 0 aromatic heterocycles. The largest absolute Gasteiger partial charge is 0.303 e. The Labute approximate surface area is 63.4 Å². The third-order valence-electron chi connectivity index (χ3n) is 3.47. The molecule has 3 rings (SSSR count). The van der Waals surface area contributed by atoms with E-state index in [2.05, 4.69) is 18.9 Å². The molecule has 3 fully saturated rings. The summed E-state index contributed by atoms with van der Waals surface area (Å²) in [5, 5.41) is 0. The van der Waals surface area contributed by atoms with E-state index < -0.39 is 0 Å². The molecule has 2 saturated heterocycles. The topological polar surface area (TPSA) is 3.24 Å². The van der Waals surface area contributed by atoms with Crippen molar-refractivity contribution in [3.05, 3.63) is 0 Å². The minimum absolute atomic E-state index is 0.931. The summed E-state index contributed by atoms with van der Waals surface area (Å²) in [5.41, 5.74) is 0. The van der Waals surface area contributed by atoms with Crippen LogP contribution in [0.3, 0.4) is 0 Å². The Morgan fingerprint density at radius 1 is 1.30 bits per heavy atom. The maximum atomic E-state index is 2.55. The Morgan fingerprint density at radius 3 is 2.40 bits per heavy atom. The van der Waals surface area contributed by atoms with E-state index in [0.29, 0.717) is 0 Å². The fraction of sp³-hybridized carbons (Fsp3) is 1.00. The summed E-state index contributed by atoms with van der Waals surface area (Å²) in [4.78, 5) is 2.55. The van der Waals surface area contributed by atoms with Crippen LogP contribution in [0.5, 0.6) is 0 Å². The highest BCUT2D eigenvalue weighted by Crippen LogP contribution is 2.37. The molecule has 0 N–H and O–H groups in total. The van der Waals surface area contributed by atoms with E-state index in [0.717, 1.165) is 17.9 Å². The number of rotatable bonds is 0. The van der Waals surface area contributed by atoms with Gasteiger partial charge in [-0.3, -0.25) is 0 Å². The molecule has 1 heteroatoms. The molecular weight excluding hydrogens is 122 g/mol. The summed E-state index contributed by atoms with van der Waals surface area (Å²) in [6, 6.07) is 0.931. The first-order chi connectivity index (χ1) is 4.77. The lowest BCUT2D eigenvalue weighted by molar-refractivity contribution is 0.0310. The highest BCUT2D eigenvalue weighted by Gasteiger charge is 2.35. The fourth-order valence-corrected chi connectivity index (χ4v) is 2.62. The minimum atomic E-state index is 0.931. The Bertz CT molecular complexity index is 117. The van der Waals surface area contributed by atoms with E-state index in [1.165, 1.54) is 25.8 Å². The standard InChI is InChI=1S/C9H17N/c1-7-5-9-4-3-8(7)6-10(9)2/h7-9H,3-6H2,1-2H3/t7-,8?,9?/m0/s1. The van der Waals surface area contributed by atoms with Crippen LogP contribution in [0.15, 0.2) is 0 Å². The second-order valence-electron chi connectivity index (χ2n) is 4.14. The van der Waals surface area contributed by atoms with Crippen molar-refractivity contribution in [2.45, 2.75) is 32.2 Å². The molecule has 1 nitrogen and oxygen atoms in total. The molecular formula is C9H17N. The molecule has 2 bridgehead atoms. The first-order valence-corrected chi connectivity index (χ1v) is 4.47. The third kappa shape index (κ3) is 0.878. The Hall–Kier alpha value is -0.0400. The van der Waals surface area contributed by atoms with Crippen LogP contribution in [0.4, 0.5) is 0 Å². The van der Waals surface area contributed by atoms with Crippen molar-refractivity contribution >= 4 is 0 Å². The number of fused-ring (bicyclic) bond motifs is 3. The van der Waals surface area contributed by atoms with Crippen LogP contribution in [0.1, 0.15) is 26.2 Å². The molecule has 0 radical (unpaired) electrons. The van der Waals surface area contributed by atoms with E-state index in [-0.39, 0.29) is 0 Å². The van der Waals surface area contributed by atoms with Crippen LogP contribution in [0.2, 0.25) is 0 Å². The van der Waals surface area contributed by atoms with E-state index in [9.17, 15) is 0 Å². The first-order valence-electron chi connectivity index (χ1n) is 4.47. The van der Waals surface area contributed by atoms with Crippen molar-refractivity contribution in [3.63, 3.8) is 0 Å². The highest BCUT2D eigenvalue weighted by molar-refractivity contribution is 4.89. The molecule has 1 aliphatic carbocycles. The van der Waals surface area contributed by atoms with Crippen LogP contribution in [-0.4, -0.2) is 24.5 Å². The summed E-state index contributed by atoms with van der Waals surface area (Å²) in [6.45, 7) is 3.79. The van der Waals surface area contributed by atoms with Crippen molar-refractivity contribution < 1.29 is 0 Å². The third-order valence-corrected chi connectivity index (χ3v) is 3.47. The zero-order chi connectivity index (χ0) is 7.14. The average Bonchev–Trinajstić information content (AvgIpc) is 1.91. The minimum Gasteiger partial charge on any atom is -0.303 e. The molecule has 2 unspecified atom stereocenters. The summed E-state index contributed by atoms with van der Waals surface area (Å²) < 4.78 is 0. The van der Waals surface area contributed by atoms with Crippen molar-refractivity contribution in [1.29, 1.82) is 0 Å². The molecule has 0 spiro atoms. The van der Waals surface area contributed by atoms with E-state index in [4.69, 9.17) is 0 Å². The highest BCUT2D eigenvalue weighted by atomic mass is 15.1. The molecule has 2 aliphatic heterocycles. The van der Waals surface area contributed by atoms with Gasteiger partial charge >= 0.3 is 0 Å². The lowest BCUT2D eigenvalue weighted by Gasteiger charge is -2.47. The van der Waals surface area contributed by atoms with Gasteiger partial charge in [-0.1, -0.05) is 6.92 Å². The maximum Gasteiger partial charge on any atom is 0.00950 e. The average molecular weight is 139 g/mol. The number of hydrogen-bond acceptors (Lipinski definition) is 1. The van der Waals surface area contributed by atoms with Gasteiger partial charge in [-0.05, 0) is 38.1 Å². The van der Waals surface area contributed by atoms with Gasteiger partial charge in [0.2, 0.25) is 0 Å². The molecule has 3 atom stereocenters. The molecule has 3 aliphatic rings. The van der Waals surface area contributed by atoms with Gasteiger partial charge in [0, 0.05) is 12.6 Å². The lowest BCUT2D eigenvalue weighted by atomic mass is 9.73. The van der Waals surface area contributed by atoms with Crippen LogP contribution >= 0.6 is 0 Å². The SMILES string of the molecule is C[C@H]1CC2CCC1CN2C. The monoisotopic (exact) mass is 139 g/mol. The molecule has 58 valence electrons. The van der Waals surface area contributed by atoms with Gasteiger partial charge in [-0.2, -0.15) is 0 Å². The van der Waals surface area contributed by atoms with Gasteiger partial charge in [0.1, 0.15) is 0 Å². The number of nitrogens with zero attached hydrogens (tertiary/aromatic N) is 1. The van der Waals surface area contributed by atoms with E-state index in [1.807, 2.05) is 0 Å². The number of piperidine rings is 2. The molecule has 0 aromatic rings. The summed E-state index contributed by atoms with van der Waals surface area (Å²) >= 11 is 0. The Kier molecular flexibility index (Phi) is 1.48. The zero-order valence-electron chi connectivity index (χ0n) is 7.01. The van der Waals surface area contributed by atoms with Crippen molar-refractivity contribution in [1.82, 2.24) is 4.90 Å². The van der Waals surface area contributed by atoms with Gasteiger partial charge < -0.3 is 4.90 Å². The zero-order valence-corrected chi connectivity index (χ0v) is 7.01. The normalized spacial score (nSPS) is 48.0. The van der Waals surface area contributed by atoms with Gasteiger partial charge in [0.25, 0.3) is 0 Å². The van der Waals surface area contributed by atoms with E-state index in [1.54, 1.807) is 0 Å². The smallest absolute Gasteiger partial charge is 0.00950 e. The summed E-state index contributed by atoms with van der Waals surface area (Å²) in [5.74, 6) is 2.03. The molecule has 2 heterocycles. The van der Waals surface area contributed by atoms with Crippen molar-refractivity contribution in [2.24, 2.45) is 11.8 Å². The molecule has 1 saturated carbocycles. The van der Waals surface area contributed by atoms with Gasteiger partial charge in [0.15, 0.2) is 0 Å². The van der Waals surface area contributed by atoms with Gasteiger partial charge in [-0.25, -0.2) is 0 Å². The van der Waals surface area contributed by atoms with Crippen LogP contribution < -0.4 is 0 Å². The second-order valence-corrected chi connectivity index (χ2v) is 4.14. The van der Waals surface area contributed by atoms with E-state index >= 15 is 0 Å². The van der Waals surface area contributed by atoms with Gasteiger partial charge in [-0.15, -0.1) is 0 Å². The summed E-state index contributed by atoms with van der Waals surface area (Å²) in [6.07, 6.45) is 4.42. The quantitative estimate of drug-likeness (QED) is 0.494. The van der Waals surface area contributed by atoms with Gasteiger partial charge in [0.05, 0.1) is 0 Å². The fourth-order valence-electron chi connectivity index (χ4n) is 2.62. The Morgan fingerprint density at radius 2 is 2.10 bits per heavy atom. The second kappa shape index (κ2) is 2.23. The summed E-state index contributed by atoms with van der Waals surface area (Å²) in [7, 11) is 2.28. The number of hydrogen-bond donors (Lipinski definition) is 0. The Balaban J connectivity index is 2.09. The van der Waals surface area contributed by atoms with Crippen LogP contribution in [0.25, 0.3) is 0 Å². The first kappa shape index (κ1) is 6.66. The molecule has 0 aromatic carbocycles. The van der Waals surface area contributed by atoms with Crippen molar-refractivity contribution in [3.8, 4) is 0 Å². The van der Waals surface area contributed by atoms with Crippen molar-refractivity contribution in [2.75, 3.05) is 13.6 Å². The lowest BCUT2D eigenvalue weighted by Crippen LogP contribution is -2.49. The molecule has 10 heavy (non-hydrogen) atoms.